The number of carbonyl (C=O) groups is 1. The van der Waals surface area contributed by atoms with E-state index in [1.807, 2.05) is 27.7 Å². The summed E-state index contributed by atoms with van der Waals surface area (Å²) >= 11 is 3.26. The van der Waals surface area contributed by atoms with Gasteiger partial charge in [0, 0.05) is 11.9 Å². The number of hydrogen-bond donors (Lipinski definition) is 2. The molecule has 0 saturated carbocycles. The van der Waals surface area contributed by atoms with Crippen LogP contribution < -0.4 is 10.6 Å². The second kappa shape index (κ2) is 3.46. The summed E-state index contributed by atoms with van der Waals surface area (Å²) in [7, 11) is 0. The van der Waals surface area contributed by atoms with Crippen LogP contribution in [0, 0.1) is 0 Å². The van der Waals surface area contributed by atoms with Crippen LogP contribution in [-0.4, -0.2) is 16.1 Å². The van der Waals surface area contributed by atoms with E-state index in [1.165, 1.54) is 0 Å². The van der Waals surface area contributed by atoms with E-state index in [0.29, 0.717) is 0 Å². The lowest BCUT2D eigenvalue weighted by molar-refractivity contribution is -0.158. The maximum Gasteiger partial charge on any atom is 0.365 e. The van der Waals surface area contributed by atoms with Crippen molar-refractivity contribution in [3.05, 3.63) is 11.9 Å². The van der Waals surface area contributed by atoms with Crippen molar-refractivity contribution in [1.29, 1.82) is 0 Å². The molecule has 0 aromatic rings. The number of hydrogen-bond acceptors (Lipinski definition) is 4. The van der Waals surface area contributed by atoms with Crippen molar-refractivity contribution in [3.63, 3.8) is 0 Å². The first-order valence-electron chi connectivity index (χ1n) is 4.38. The molecule has 1 aliphatic heterocycles. The normalized spacial score (nSPS) is 26.2. The molecule has 0 saturated heterocycles. The van der Waals surface area contributed by atoms with Gasteiger partial charge in [-0.15, -0.1) is 0 Å². The van der Waals surface area contributed by atoms with Crippen molar-refractivity contribution in [2.75, 3.05) is 0 Å². The standard InChI is InChI=1S/C9H15BrN2O2/c1-6-5-11-9(10,12-6)7(13)14-8(2,3)4/h5,11-12H,1-4H3. The molecule has 4 nitrogen and oxygen atoms in total. The smallest absolute Gasteiger partial charge is 0.365 e. The quantitative estimate of drug-likeness (QED) is 0.427. The fraction of sp³-hybridized carbons (Fsp3) is 0.667. The molecular formula is C9H15BrN2O2. The Balaban J connectivity index is 2.63. The molecule has 0 aromatic carbocycles. The zero-order valence-electron chi connectivity index (χ0n) is 8.77. The van der Waals surface area contributed by atoms with Crippen LogP contribution in [0.4, 0.5) is 0 Å². The van der Waals surface area contributed by atoms with Crippen molar-refractivity contribution in [1.82, 2.24) is 10.6 Å². The molecule has 2 N–H and O–H groups in total. The van der Waals surface area contributed by atoms with Gasteiger partial charge in [-0.2, -0.15) is 0 Å². The van der Waals surface area contributed by atoms with Crippen molar-refractivity contribution >= 4 is 21.9 Å². The topological polar surface area (TPSA) is 50.4 Å². The number of ether oxygens (including phenoxy) is 1. The molecule has 0 spiro atoms. The van der Waals surface area contributed by atoms with Crippen LogP contribution in [0.25, 0.3) is 0 Å². The van der Waals surface area contributed by atoms with Crippen molar-refractivity contribution in [3.8, 4) is 0 Å². The van der Waals surface area contributed by atoms with Gasteiger partial charge in [0.1, 0.15) is 5.60 Å². The molecule has 5 heteroatoms. The Morgan fingerprint density at radius 3 is 2.50 bits per heavy atom. The summed E-state index contributed by atoms with van der Waals surface area (Å²) in [5, 5.41) is 5.82. The minimum absolute atomic E-state index is 0.377. The summed E-state index contributed by atoms with van der Waals surface area (Å²) in [5.41, 5.74) is 0.394. The maximum absolute atomic E-state index is 11.7. The monoisotopic (exact) mass is 262 g/mol. The van der Waals surface area contributed by atoms with Gasteiger partial charge in [-0.05, 0) is 43.6 Å². The van der Waals surface area contributed by atoms with E-state index in [0.717, 1.165) is 5.70 Å². The van der Waals surface area contributed by atoms with Crippen LogP contribution in [0.2, 0.25) is 0 Å². The lowest BCUT2D eigenvalue weighted by Crippen LogP contribution is -2.53. The molecule has 1 aliphatic rings. The van der Waals surface area contributed by atoms with E-state index >= 15 is 0 Å². The first-order chi connectivity index (χ1) is 6.23. The average Bonchev–Trinajstić information content (AvgIpc) is 2.29. The highest BCUT2D eigenvalue weighted by molar-refractivity contribution is 9.10. The molecule has 1 unspecified atom stereocenters. The molecule has 0 fully saturated rings. The predicted octanol–water partition coefficient (Wildman–Crippen LogP) is 1.43. The lowest BCUT2D eigenvalue weighted by Gasteiger charge is -2.27. The number of esters is 1. The number of nitrogens with one attached hydrogen (secondary N) is 2. The molecule has 1 heterocycles. The van der Waals surface area contributed by atoms with Gasteiger partial charge >= 0.3 is 5.97 Å². The largest absolute Gasteiger partial charge is 0.456 e. The Bertz CT molecular complexity index is 283. The van der Waals surface area contributed by atoms with Gasteiger partial charge in [0.15, 0.2) is 0 Å². The molecule has 80 valence electrons. The number of halogens is 1. The first-order valence-corrected chi connectivity index (χ1v) is 5.17. The fourth-order valence-corrected chi connectivity index (χ4v) is 1.52. The van der Waals surface area contributed by atoms with Gasteiger partial charge in [0.2, 0.25) is 0 Å². The zero-order valence-corrected chi connectivity index (χ0v) is 10.4. The van der Waals surface area contributed by atoms with Crippen LogP contribution in [0.5, 0.6) is 0 Å². The SMILES string of the molecule is CC1=CNC(Br)(C(=O)OC(C)(C)C)N1. The molecule has 0 bridgehead atoms. The highest BCUT2D eigenvalue weighted by atomic mass is 79.9. The van der Waals surface area contributed by atoms with E-state index in [-0.39, 0.29) is 5.97 Å². The molecule has 14 heavy (non-hydrogen) atoms. The second-order valence-electron chi connectivity index (χ2n) is 4.26. The number of allylic oxidation sites excluding steroid dienone is 1. The van der Waals surface area contributed by atoms with Crippen molar-refractivity contribution < 1.29 is 9.53 Å². The minimum atomic E-state index is -1.01. The van der Waals surface area contributed by atoms with Crippen LogP contribution in [0.15, 0.2) is 11.9 Å². The number of rotatable bonds is 1. The molecular weight excluding hydrogens is 248 g/mol. The summed E-state index contributed by atoms with van der Waals surface area (Å²) in [4.78, 5) is 11.7. The first kappa shape index (κ1) is 11.4. The van der Waals surface area contributed by atoms with Crippen molar-refractivity contribution in [2.45, 2.75) is 37.9 Å². The molecule has 0 amide bonds. The molecule has 1 atom stereocenters. The van der Waals surface area contributed by atoms with Gasteiger partial charge < -0.3 is 15.4 Å². The summed E-state index contributed by atoms with van der Waals surface area (Å²) < 4.78 is 4.22. The van der Waals surface area contributed by atoms with E-state index in [9.17, 15) is 4.79 Å². The summed E-state index contributed by atoms with van der Waals surface area (Å²) in [5.74, 6) is -0.377. The third-order valence-electron chi connectivity index (χ3n) is 1.54. The van der Waals surface area contributed by atoms with Crippen LogP contribution in [0.1, 0.15) is 27.7 Å². The van der Waals surface area contributed by atoms with E-state index in [4.69, 9.17) is 4.74 Å². The molecule has 0 aromatic heterocycles. The molecule has 1 rings (SSSR count). The zero-order chi connectivity index (χ0) is 11.0. The summed E-state index contributed by atoms with van der Waals surface area (Å²) in [6.07, 6.45) is 1.72. The maximum atomic E-state index is 11.7. The fourth-order valence-electron chi connectivity index (χ4n) is 1.01. The van der Waals surface area contributed by atoms with E-state index in [2.05, 4.69) is 26.6 Å². The highest BCUT2D eigenvalue weighted by Crippen LogP contribution is 2.22. The Hall–Kier alpha value is -0.710. The van der Waals surface area contributed by atoms with Crippen molar-refractivity contribution in [2.24, 2.45) is 0 Å². The Morgan fingerprint density at radius 2 is 2.14 bits per heavy atom. The average molecular weight is 263 g/mol. The lowest BCUT2D eigenvalue weighted by atomic mass is 10.2. The summed E-state index contributed by atoms with van der Waals surface area (Å²) in [6.45, 7) is 7.35. The van der Waals surface area contributed by atoms with Gasteiger partial charge in [-0.3, -0.25) is 0 Å². The van der Waals surface area contributed by atoms with Crippen LogP contribution in [-0.2, 0) is 9.53 Å². The van der Waals surface area contributed by atoms with Crippen LogP contribution >= 0.6 is 15.9 Å². The predicted molar refractivity (Wildman–Crippen MR) is 57.5 cm³/mol. The Kier molecular flexibility index (Phi) is 2.81. The Labute approximate surface area is 92.2 Å². The van der Waals surface area contributed by atoms with Gasteiger partial charge in [-0.1, -0.05) is 0 Å². The van der Waals surface area contributed by atoms with Gasteiger partial charge in [0.05, 0.1) is 0 Å². The van der Waals surface area contributed by atoms with E-state index < -0.39 is 10.2 Å². The van der Waals surface area contributed by atoms with Gasteiger partial charge in [0.25, 0.3) is 4.57 Å². The van der Waals surface area contributed by atoms with Gasteiger partial charge in [-0.25, -0.2) is 4.79 Å². The van der Waals surface area contributed by atoms with Crippen LogP contribution in [0.3, 0.4) is 0 Å². The number of carbonyl (C=O) groups excluding carboxylic acids is 1. The minimum Gasteiger partial charge on any atom is -0.456 e. The second-order valence-corrected chi connectivity index (χ2v) is 5.45. The third kappa shape index (κ3) is 2.64. The third-order valence-corrected chi connectivity index (χ3v) is 2.29. The van der Waals surface area contributed by atoms with E-state index in [1.54, 1.807) is 6.20 Å². The Morgan fingerprint density at radius 1 is 1.57 bits per heavy atom. The highest BCUT2D eigenvalue weighted by Gasteiger charge is 2.41. The summed E-state index contributed by atoms with van der Waals surface area (Å²) in [6, 6.07) is 0. The molecule has 0 radical (unpaired) electrons. The molecule has 0 aliphatic carbocycles. The number of alkyl halides is 1.